The van der Waals surface area contributed by atoms with E-state index in [1.54, 1.807) is 0 Å². The fourth-order valence-corrected chi connectivity index (χ4v) is 1.59. The van der Waals surface area contributed by atoms with Crippen LogP contribution in [0, 0.1) is 0 Å². The molecule has 0 aliphatic carbocycles. The van der Waals surface area contributed by atoms with Crippen LogP contribution >= 0.6 is 23.2 Å². The Kier molecular flexibility index (Phi) is 8.39. The van der Waals surface area contributed by atoms with Crippen LogP contribution in [0.4, 0.5) is 0 Å². The molecule has 0 spiro atoms. The highest BCUT2D eigenvalue weighted by Crippen LogP contribution is 1.96. The zero-order chi connectivity index (χ0) is 12.6. The predicted octanol–water partition coefficient (Wildman–Crippen LogP) is 1.25. The van der Waals surface area contributed by atoms with Crippen LogP contribution in [-0.4, -0.2) is 35.7 Å². The lowest BCUT2D eigenvalue weighted by molar-refractivity contribution is -0.139. The number of carbonyl (C=O) groups excluding carboxylic acids is 2. The second-order valence-corrected chi connectivity index (χ2v) is 4.08. The molecule has 0 saturated carbocycles. The van der Waals surface area contributed by atoms with Gasteiger partial charge in [0.2, 0.25) is 0 Å². The van der Waals surface area contributed by atoms with E-state index >= 15 is 0 Å². The van der Waals surface area contributed by atoms with Crippen molar-refractivity contribution in [1.29, 1.82) is 0 Å². The molecule has 0 heterocycles. The van der Waals surface area contributed by atoms with E-state index in [0.717, 1.165) is 0 Å². The van der Waals surface area contributed by atoms with Gasteiger partial charge in [-0.2, -0.15) is 0 Å². The first-order chi connectivity index (χ1) is 7.58. The topological polar surface area (TPSA) is 58.2 Å². The number of amides is 2. The van der Waals surface area contributed by atoms with Gasteiger partial charge >= 0.3 is 11.8 Å². The van der Waals surface area contributed by atoms with Crippen LogP contribution < -0.4 is 10.6 Å². The van der Waals surface area contributed by atoms with E-state index in [4.69, 9.17) is 23.2 Å². The monoisotopic (exact) mass is 268 g/mol. The van der Waals surface area contributed by atoms with Crippen molar-refractivity contribution in [3.05, 3.63) is 0 Å². The van der Waals surface area contributed by atoms with E-state index in [-0.39, 0.29) is 12.1 Å². The SMILES string of the molecule is CCC(CCl)NC(=O)C(=O)NC(CC)CCl. The molecule has 0 aromatic rings. The van der Waals surface area contributed by atoms with Gasteiger partial charge in [0.25, 0.3) is 0 Å². The van der Waals surface area contributed by atoms with Crippen LogP contribution in [-0.2, 0) is 9.59 Å². The summed E-state index contributed by atoms with van der Waals surface area (Å²) in [5, 5.41) is 5.09. The third kappa shape index (κ3) is 5.56. The fraction of sp³-hybridized carbons (Fsp3) is 0.800. The Hall–Kier alpha value is -0.480. The predicted molar refractivity (Wildman–Crippen MR) is 65.9 cm³/mol. The third-order valence-electron chi connectivity index (χ3n) is 2.23. The molecular weight excluding hydrogens is 251 g/mol. The minimum atomic E-state index is -0.656. The van der Waals surface area contributed by atoms with Gasteiger partial charge in [-0.15, -0.1) is 23.2 Å². The fourth-order valence-electron chi connectivity index (χ4n) is 1.00. The minimum absolute atomic E-state index is 0.170. The molecule has 6 heteroatoms. The summed E-state index contributed by atoms with van der Waals surface area (Å²) in [6, 6.07) is -0.341. The standard InChI is InChI=1S/C10H18Cl2N2O2/c1-3-7(5-11)13-9(15)10(16)14-8(4-2)6-12/h7-8H,3-6H2,1-2H3,(H,13,15)(H,14,16). The second kappa shape index (κ2) is 8.65. The molecule has 0 aromatic carbocycles. The van der Waals surface area contributed by atoms with E-state index in [1.165, 1.54) is 0 Å². The lowest BCUT2D eigenvalue weighted by Crippen LogP contribution is -2.48. The summed E-state index contributed by atoms with van der Waals surface area (Å²) < 4.78 is 0. The summed E-state index contributed by atoms with van der Waals surface area (Å²) in [4.78, 5) is 22.8. The highest BCUT2D eigenvalue weighted by Gasteiger charge is 2.19. The average Bonchev–Trinajstić information content (AvgIpc) is 2.32. The number of rotatable bonds is 6. The molecule has 0 aromatic heterocycles. The molecule has 0 rings (SSSR count). The van der Waals surface area contributed by atoms with Crippen LogP contribution in [0.3, 0.4) is 0 Å². The van der Waals surface area contributed by atoms with Crippen molar-refractivity contribution < 1.29 is 9.59 Å². The number of halogens is 2. The number of nitrogens with one attached hydrogen (secondary N) is 2. The molecule has 0 fully saturated rings. The number of alkyl halides is 2. The van der Waals surface area contributed by atoms with E-state index in [2.05, 4.69) is 10.6 Å². The molecule has 2 N–H and O–H groups in total. The maximum atomic E-state index is 11.4. The first-order valence-corrected chi connectivity index (χ1v) is 6.39. The lowest BCUT2D eigenvalue weighted by atomic mass is 10.2. The first kappa shape index (κ1) is 15.5. The Bertz CT molecular complexity index is 205. The van der Waals surface area contributed by atoms with Crippen LogP contribution in [0.25, 0.3) is 0 Å². The zero-order valence-electron chi connectivity index (χ0n) is 9.56. The van der Waals surface area contributed by atoms with Gasteiger partial charge in [0, 0.05) is 23.8 Å². The summed E-state index contributed by atoms with van der Waals surface area (Å²) in [7, 11) is 0. The number of hydrogen-bond acceptors (Lipinski definition) is 2. The summed E-state index contributed by atoms with van der Waals surface area (Å²) in [5.41, 5.74) is 0. The van der Waals surface area contributed by atoms with Gasteiger partial charge in [-0.3, -0.25) is 9.59 Å². The number of hydrogen-bond donors (Lipinski definition) is 2. The Morgan fingerprint density at radius 2 is 1.25 bits per heavy atom. The highest BCUT2D eigenvalue weighted by molar-refractivity contribution is 6.35. The summed E-state index contributed by atoms with van der Waals surface area (Å²) in [6.45, 7) is 3.78. The van der Waals surface area contributed by atoms with E-state index in [1.807, 2.05) is 13.8 Å². The van der Waals surface area contributed by atoms with Gasteiger partial charge in [-0.1, -0.05) is 13.8 Å². The summed E-state index contributed by atoms with van der Waals surface area (Å²) in [5.74, 6) is -0.725. The molecule has 2 amide bonds. The molecule has 4 nitrogen and oxygen atoms in total. The molecule has 16 heavy (non-hydrogen) atoms. The van der Waals surface area contributed by atoms with Crippen molar-refractivity contribution in [2.75, 3.05) is 11.8 Å². The highest BCUT2D eigenvalue weighted by atomic mass is 35.5. The van der Waals surface area contributed by atoms with Crippen LogP contribution in [0.1, 0.15) is 26.7 Å². The smallest absolute Gasteiger partial charge is 0.309 e. The van der Waals surface area contributed by atoms with Gasteiger partial charge in [0.15, 0.2) is 0 Å². The Morgan fingerprint density at radius 3 is 1.44 bits per heavy atom. The Labute approximate surface area is 106 Å². The van der Waals surface area contributed by atoms with Crippen molar-refractivity contribution in [3.63, 3.8) is 0 Å². The van der Waals surface area contributed by atoms with Crippen LogP contribution in [0.2, 0.25) is 0 Å². The summed E-state index contributed by atoms with van der Waals surface area (Å²) in [6.07, 6.45) is 1.38. The molecule has 0 saturated heterocycles. The lowest BCUT2D eigenvalue weighted by Gasteiger charge is -2.16. The maximum Gasteiger partial charge on any atom is 0.309 e. The zero-order valence-corrected chi connectivity index (χ0v) is 11.1. The molecule has 0 aliphatic rings. The van der Waals surface area contributed by atoms with Gasteiger partial charge in [-0.05, 0) is 12.8 Å². The van der Waals surface area contributed by atoms with Crippen LogP contribution in [0.15, 0.2) is 0 Å². The minimum Gasteiger partial charge on any atom is -0.344 e. The van der Waals surface area contributed by atoms with Gasteiger partial charge < -0.3 is 10.6 Å². The Morgan fingerprint density at radius 1 is 0.938 bits per heavy atom. The maximum absolute atomic E-state index is 11.4. The molecule has 2 atom stereocenters. The van der Waals surface area contributed by atoms with Gasteiger partial charge in [0.05, 0.1) is 0 Å². The number of carbonyl (C=O) groups is 2. The second-order valence-electron chi connectivity index (χ2n) is 3.47. The molecule has 0 aliphatic heterocycles. The van der Waals surface area contributed by atoms with E-state index in [9.17, 15) is 9.59 Å². The van der Waals surface area contributed by atoms with Crippen LogP contribution in [0.5, 0.6) is 0 Å². The molecule has 94 valence electrons. The normalized spacial score (nSPS) is 14.0. The molecule has 0 bridgehead atoms. The van der Waals surface area contributed by atoms with Crippen molar-refractivity contribution in [2.24, 2.45) is 0 Å². The Balaban J connectivity index is 4.12. The first-order valence-electron chi connectivity index (χ1n) is 5.32. The quantitative estimate of drug-likeness (QED) is 0.563. The third-order valence-corrected chi connectivity index (χ3v) is 2.98. The molecular formula is C10H18Cl2N2O2. The van der Waals surface area contributed by atoms with Crippen molar-refractivity contribution >= 4 is 35.0 Å². The molecule has 2 unspecified atom stereocenters. The average molecular weight is 269 g/mol. The van der Waals surface area contributed by atoms with Crippen molar-refractivity contribution in [3.8, 4) is 0 Å². The van der Waals surface area contributed by atoms with Gasteiger partial charge in [-0.25, -0.2) is 0 Å². The van der Waals surface area contributed by atoms with E-state index < -0.39 is 11.8 Å². The largest absolute Gasteiger partial charge is 0.344 e. The van der Waals surface area contributed by atoms with Crippen molar-refractivity contribution in [1.82, 2.24) is 10.6 Å². The van der Waals surface area contributed by atoms with E-state index in [0.29, 0.717) is 24.6 Å². The van der Waals surface area contributed by atoms with Crippen molar-refractivity contribution in [2.45, 2.75) is 38.8 Å². The van der Waals surface area contributed by atoms with Gasteiger partial charge in [0.1, 0.15) is 0 Å². The summed E-state index contributed by atoms with van der Waals surface area (Å²) >= 11 is 11.2. The molecule has 0 radical (unpaired) electrons.